The van der Waals surface area contributed by atoms with Gasteiger partial charge in [0.2, 0.25) is 5.91 Å². The van der Waals surface area contributed by atoms with Crippen molar-refractivity contribution in [3.05, 3.63) is 42.0 Å². The molecule has 4 nitrogen and oxygen atoms in total. The van der Waals surface area contributed by atoms with Gasteiger partial charge in [-0.1, -0.05) is 12.1 Å². The summed E-state index contributed by atoms with van der Waals surface area (Å²) in [6.45, 7) is 7.25. The number of hydrogen-bond donors (Lipinski definition) is 2. The molecule has 0 radical (unpaired) electrons. The average molecular weight is 232 g/mol. The van der Waals surface area contributed by atoms with Crippen molar-refractivity contribution in [2.45, 2.75) is 13.8 Å². The lowest BCUT2D eigenvalue weighted by Crippen LogP contribution is -2.23. The van der Waals surface area contributed by atoms with Gasteiger partial charge < -0.3 is 10.6 Å². The Hall–Kier alpha value is -2.10. The van der Waals surface area contributed by atoms with Gasteiger partial charge in [-0.05, 0) is 24.6 Å². The Balaban J connectivity index is 2.91. The Labute approximate surface area is 101 Å². The number of amides is 2. The normalized spacial score (nSPS) is 9.53. The van der Waals surface area contributed by atoms with Crippen LogP contribution in [0.15, 0.2) is 30.9 Å². The highest BCUT2D eigenvalue weighted by molar-refractivity contribution is 5.97. The maximum absolute atomic E-state index is 11.7. The van der Waals surface area contributed by atoms with Crippen molar-refractivity contribution < 1.29 is 9.59 Å². The van der Waals surface area contributed by atoms with Crippen LogP contribution in [0.1, 0.15) is 22.8 Å². The summed E-state index contributed by atoms with van der Waals surface area (Å²) in [4.78, 5) is 22.7. The van der Waals surface area contributed by atoms with Gasteiger partial charge >= 0.3 is 0 Å². The number of hydrogen-bond acceptors (Lipinski definition) is 2. The van der Waals surface area contributed by atoms with E-state index in [1.807, 2.05) is 6.92 Å². The molecular formula is C13H16N2O2. The van der Waals surface area contributed by atoms with Crippen LogP contribution in [0.4, 0.5) is 5.69 Å². The Kier molecular flexibility index (Phi) is 4.46. The summed E-state index contributed by atoms with van der Waals surface area (Å²) < 4.78 is 0. The molecule has 0 aliphatic carbocycles. The lowest BCUT2D eigenvalue weighted by atomic mass is 10.1. The zero-order valence-corrected chi connectivity index (χ0v) is 10.0. The van der Waals surface area contributed by atoms with Crippen LogP contribution in [0, 0.1) is 6.92 Å². The van der Waals surface area contributed by atoms with E-state index in [-0.39, 0.29) is 11.8 Å². The van der Waals surface area contributed by atoms with Crippen molar-refractivity contribution in [1.29, 1.82) is 0 Å². The molecular weight excluding hydrogens is 216 g/mol. The van der Waals surface area contributed by atoms with E-state index in [1.165, 1.54) is 6.92 Å². The second kappa shape index (κ2) is 5.84. The van der Waals surface area contributed by atoms with Crippen LogP contribution in [0.25, 0.3) is 0 Å². The van der Waals surface area contributed by atoms with E-state index in [0.717, 1.165) is 5.56 Å². The van der Waals surface area contributed by atoms with Crippen LogP contribution in [0.5, 0.6) is 0 Å². The molecule has 1 rings (SSSR count). The van der Waals surface area contributed by atoms with Gasteiger partial charge in [0, 0.05) is 24.7 Å². The molecule has 2 amide bonds. The van der Waals surface area contributed by atoms with Crippen molar-refractivity contribution in [1.82, 2.24) is 5.32 Å². The van der Waals surface area contributed by atoms with Crippen molar-refractivity contribution in [2.24, 2.45) is 0 Å². The maximum atomic E-state index is 11.7. The molecule has 0 bridgehead atoms. The molecule has 0 spiro atoms. The summed E-state index contributed by atoms with van der Waals surface area (Å²) in [5.74, 6) is -0.340. The van der Waals surface area contributed by atoms with Crippen molar-refractivity contribution in [3.8, 4) is 0 Å². The molecule has 4 heteroatoms. The fourth-order valence-corrected chi connectivity index (χ4v) is 1.35. The van der Waals surface area contributed by atoms with E-state index in [9.17, 15) is 9.59 Å². The summed E-state index contributed by atoms with van der Waals surface area (Å²) >= 11 is 0. The molecule has 0 aliphatic rings. The summed E-state index contributed by atoms with van der Waals surface area (Å²) in [5.41, 5.74) is 2.09. The van der Waals surface area contributed by atoms with Gasteiger partial charge in [-0.3, -0.25) is 9.59 Å². The molecule has 0 saturated heterocycles. The van der Waals surface area contributed by atoms with Gasteiger partial charge in [0.15, 0.2) is 0 Å². The van der Waals surface area contributed by atoms with E-state index in [4.69, 9.17) is 0 Å². The highest BCUT2D eigenvalue weighted by atomic mass is 16.2. The largest absolute Gasteiger partial charge is 0.349 e. The molecule has 0 atom stereocenters. The maximum Gasteiger partial charge on any atom is 0.251 e. The van der Waals surface area contributed by atoms with Crippen LogP contribution in [0.3, 0.4) is 0 Å². The smallest absolute Gasteiger partial charge is 0.251 e. The van der Waals surface area contributed by atoms with E-state index >= 15 is 0 Å². The van der Waals surface area contributed by atoms with Crippen LogP contribution in [-0.2, 0) is 4.79 Å². The Morgan fingerprint density at radius 1 is 1.41 bits per heavy atom. The van der Waals surface area contributed by atoms with Gasteiger partial charge in [-0.15, -0.1) is 6.58 Å². The van der Waals surface area contributed by atoms with Crippen molar-refractivity contribution >= 4 is 17.5 Å². The minimum atomic E-state index is -0.184. The van der Waals surface area contributed by atoms with Gasteiger partial charge in [0.25, 0.3) is 5.91 Å². The molecule has 0 saturated carbocycles. The first-order valence-electron chi connectivity index (χ1n) is 5.32. The van der Waals surface area contributed by atoms with E-state index in [1.54, 1.807) is 24.3 Å². The third-order valence-electron chi connectivity index (χ3n) is 2.22. The van der Waals surface area contributed by atoms with Crippen LogP contribution >= 0.6 is 0 Å². The quantitative estimate of drug-likeness (QED) is 0.778. The molecule has 0 fully saturated rings. The molecule has 0 aromatic heterocycles. The minimum absolute atomic E-state index is 0.156. The SMILES string of the molecule is C=CCNC(=O)c1ccc(C)c(NC(C)=O)c1. The average Bonchev–Trinajstić information content (AvgIpc) is 2.28. The molecule has 90 valence electrons. The Morgan fingerprint density at radius 3 is 2.71 bits per heavy atom. The van der Waals surface area contributed by atoms with Crippen LogP contribution in [-0.4, -0.2) is 18.4 Å². The predicted molar refractivity (Wildman–Crippen MR) is 68.0 cm³/mol. The highest BCUT2D eigenvalue weighted by Gasteiger charge is 2.07. The minimum Gasteiger partial charge on any atom is -0.349 e. The van der Waals surface area contributed by atoms with Crippen LogP contribution in [0.2, 0.25) is 0 Å². The third kappa shape index (κ3) is 3.75. The predicted octanol–water partition coefficient (Wildman–Crippen LogP) is 1.87. The zero-order valence-electron chi connectivity index (χ0n) is 10.0. The number of rotatable bonds is 4. The summed E-state index contributed by atoms with van der Waals surface area (Å²) in [6, 6.07) is 5.18. The summed E-state index contributed by atoms with van der Waals surface area (Å²) in [6.07, 6.45) is 1.61. The summed E-state index contributed by atoms with van der Waals surface area (Å²) in [5, 5.41) is 5.36. The molecule has 0 unspecified atom stereocenters. The molecule has 2 N–H and O–H groups in total. The van der Waals surface area contributed by atoms with Gasteiger partial charge in [0.1, 0.15) is 0 Å². The first-order chi connectivity index (χ1) is 8.04. The topological polar surface area (TPSA) is 58.2 Å². The number of carbonyl (C=O) groups is 2. The lowest BCUT2D eigenvalue weighted by Gasteiger charge is -2.09. The number of carbonyl (C=O) groups excluding carboxylic acids is 2. The molecule has 0 heterocycles. The second-order valence-corrected chi connectivity index (χ2v) is 3.71. The molecule has 0 aliphatic heterocycles. The number of nitrogens with one attached hydrogen (secondary N) is 2. The second-order valence-electron chi connectivity index (χ2n) is 3.71. The lowest BCUT2D eigenvalue weighted by molar-refractivity contribution is -0.114. The van der Waals surface area contributed by atoms with Crippen molar-refractivity contribution in [3.63, 3.8) is 0 Å². The first kappa shape index (κ1) is 13.0. The fourth-order valence-electron chi connectivity index (χ4n) is 1.35. The van der Waals surface area contributed by atoms with Gasteiger partial charge in [-0.25, -0.2) is 0 Å². The molecule has 1 aromatic carbocycles. The molecule has 1 aromatic rings. The molecule has 17 heavy (non-hydrogen) atoms. The van der Waals surface area contributed by atoms with Crippen molar-refractivity contribution in [2.75, 3.05) is 11.9 Å². The van der Waals surface area contributed by atoms with E-state index in [2.05, 4.69) is 17.2 Å². The van der Waals surface area contributed by atoms with Crippen LogP contribution < -0.4 is 10.6 Å². The zero-order chi connectivity index (χ0) is 12.8. The number of aryl methyl sites for hydroxylation is 1. The first-order valence-corrected chi connectivity index (χ1v) is 5.32. The Morgan fingerprint density at radius 2 is 2.12 bits per heavy atom. The summed E-state index contributed by atoms with van der Waals surface area (Å²) in [7, 11) is 0. The van der Waals surface area contributed by atoms with Gasteiger partial charge in [0.05, 0.1) is 0 Å². The number of anilines is 1. The van der Waals surface area contributed by atoms with Gasteiger partial charge in [-0.2, -0.15) is 0 Å². The van der Waals surface area contributed by atoms with E-state index < -0.39 is 0 Å². The monoisotopic (exact) mass is 232 g/mol. The number of benzene rings is 1. The fraction of sp³-hybridized carbons (Fsp3) is 0.231. The standard InChI is InChI=1S/C13H16N2O2/c1-4-7-14-13(17)11-6-5-9(2)12(8-11)15-10(3)16/h4-6,8H,1,7H2,2-3H3,(H,14,17)(H,15,16). The Bertz CT molecular complexity index is 453. The third-order valence-corrected chi connectivity index (χ3v) is 2.22. The van der Waals surface area contributed by atoms with E-state index in [0.29, 0.717) is 17.8 Å². The highest BCUT2D eigenvalue weighted by Crippen LogP contribution is 2.16.